The Hall–Kier alpha value is 0.317. The Bertz CT molecular complexity index is 256. The highest BCUT2D eigenvalue weighted by molar-refractivity contribution is 7.64. The minimum absolute atomic E-state index is 0.534. The number of allylic oxidation sites excluding steroid dienone is 2. The zero-order chi connectivity index (χ0) is 13.7. The molecule has 0 spiro atoms. The van der Waals surface area contributed by atoms with Crippen molar-refractivity contribution in [3.63, 3.8) is 0 Å². The fraction of sp³-hybridized carbons (Fsp3) is 0.769. The molecule has 18 heavy (non-hydrogen) atoms. The highest BCUT2D eigenvalue weighted by Crippen LogP contribution is 2.27. The smallest absolute Gasteiger partial charge is 0.198 e. The summed E-state index contributed by atoms with van der Waals surface area (Å²) < 4.78 is 0. The zero-order valence-electron chi connectivity index (χ0n) is 10.8. The summed E-state index contributed by atoms with van der Waals surface area (Å²) in [6.45, 7) is 0. The number of unbranched alkanes of at least 4 members (excludes halogenated alkanes) is 7. The van der Waals surface area contributed by atoms with Crippen molar-refractivity contribution in [1.29, 1.82) is 5.26 Å². The van der Waals surface area contributed by atoms with Gasteiger partial charge in [0.05, 0.1) is 12.5 Å². The predicted octanol–water partition coefficient (Wildman–Crippen LogP) is 6.23. The molecule has 0 fully saturated rings. The molecule has 0 aromatic heterocycles. The predicted molar refractivity (Wildman–Crippen MR) is 84.4 cm³/mol. The lowest BCUT2D eigenvalue weighted by atomic mass is 10.1. The average Bonchev–Trinajstić information content (AvgIpc) is 2.29. The first kappa shape index (κ1) is 18.3. The Labute approximate surface area is 126 Å². The van der Waals surface area contributed by atoms with E-state index in [2.05, 4.69) is 12.1 Å². The first-order chi connectivity index (χ1) is 8.56. The topological polar surface area (TPSA) is 23.8 Å². The van der Waals surface area contributed by atoms with E-state index in [1.54, 1.807) is 0 Å². The molecule has 0 heterocycles. The molecule has 0 aliphatic heterocycles. The van der Waals surface area contributed by atoms with Crippen LogP contribution in [0.1, 0.15) is 57.8 Å². The second-order valence-corrected chi connectivity index (χ2v) is 13.7. The van der Waals surface area contributed by atoms with Gasteiger partial charge in [0.15, 0.2) is 0 Å². The molecule has 0 aromatic carbocycles. The van der Waals surface area contributed by atoms with Crippen LogP contribution in [0.15, 0.2) is 12.2 Å². The van der Waals surface area contributed by atoms with Crippen LogP contribution in [0.25, 0.3) is 0 Å². The lowest BCUT2D eigenvalue weighted by molar-refractivity contribution is 0.591. The summed E-state index contributed by atoms with van der Waals surface area (Å²) in [6.07, 6.45) is 14.2. The molecule has 0 saturated heterocycles. The van der Waals surface area contributed by atoms with E-state index < -0.39 is 6.00 Å². The van der Waals surface area contributed by atoms with Gasteiger partial charge in [-0.15, -0.1) is 33.2 Å². The van der Waals surface area contributed by atoms with Crippen LogP contribution >= 0.6 is 33.2 Å². The summed E-state index contributed by atoms with van der Waals surface area (Å²) in [5.41, 5.74) is 0. The standard InChI is InChI=1S/C13H22Cl3NSi/c14-18(15,16)13-11-9-7-5-3-1-2-4-6-8-10-12-17/h6,8H,1-5,7,9-11,13H2/b8-6+. The van der Waals surface area contributed by atoms with E-state index in [0.717, 1.165) is 18.9 Å². The van der Waals surface area contributed by atoms with Crippen molar-refractivity contribution >= 4 is 39.2 Å². The van der Waals surface area contributed by atoms with E-state index >= 15 is 0 Å². The van der Waals surface area contributed by atoms with Gasteiger partial charge < -0.3 is 0 Å². The van der Waals surface area contributed by atoms with Gasteiger partial charge in [-0.05, 0) is 18.9 Å². The van der Waals surface area contributed by atoms with Crippen LogP contribution in [0, 0.1) is 11.3 Å². The van der Waals surface area contributed by atoms with Crippen molar-refractivity contribution < 1.29 is 0 Å². The third kappa shape index (κ3) is 16.3. The summed E-state index contributed by atoms with van der Waals surface area (Å²) in [5.74, 6) is 0. The van der Waals surface area contributed by atoms with Gasteiger partial charge in [-0.2, -0.15) is 5.26 Å². The van der Waals surface area contributed by atoms with E-state index in [-0.39, 0.29) is 0 Å². The minimum Gasteiger partial charge on any atom is -0.198 e. The third-order valence-electron chi connectivity index (χ3n) is 2.71. The Morgan fingerprint density at radius 2 is 1.39 bits per heavy atom. The second-order valence-electron chi connectivity index (χ2n) is 4.46. The van der Waals surface area contributed by atoms with E-state index in [0.29, 0.717) is 6.42 Å². The van der Waals surface area contributed by atoms with E-state index in [1.165, 1.54) is 38.5 Å². The molecule has 0 rings (SSSR count). The van der Waals surface area contributed by atoms with Gasteiger partial charge in [-0.25, -0.2) is 0 Å². The lowest BCUT2D eigenvalue weighted by Gasteiger charge is -2.06. The summed E-state index contributed by atoms with van der Waals surface area (Å²) in [7, 11) is 0. The summed E-state index contributed by atoms with van der Waals surface area (Å²) in [6, 6.07) is 0.521. The quantitative estimate of drug-likeness (QED) is 0.191. The lowest BCUT2D eigenvalue weighted by Crippen LogP contribution is -2.07. The van der Waals surface area contributed by atoms with Crippen molar-refractivity contribution in [3.8, 4) is 6.07 Å². The monoisotopic (exact) mass is 325 g/mol. The van der Waals surface area contributed by atoms with Gasteiger partial charge in [0, 0.05) is 0 Å². The molecule has 104 valence electrons. The highest BCUT2D eigenvalue weighted by Gasteiger charge is 2.23. The average molecular weight is 327 g/mol. The van der Waals surface area contributed by atoms with Crippen LogP contribution in [-0.4, -0.2) is 6.00 Å². The zero-order valence-corrected chi connectivity index (χ0v) is 14.1. The second kappa shape index (κ2) is 12.4. The number of halogens is 3. The van der Waals surface area contributed by atoms with Gasteiger partial charge in [0.1, 0.15) is 0 Å². The molecule has 0 aliphatic rings. The Kier molecular flexibility index (Phi) is 12.6. The van der Waals surface area contributed by atoms with Crippen LogP contribution in [0.4, 0.5) is 0 Å². The van der Waals surface area contributed by atoms with Crippen molar-refractivity contribution in [2.24, 2.45) is 0 Å². The maximum atomic E-state index is 8.34. The Morgan fingerprint density at radius 1 is 0.833 bits per heavy atom. The molecule has 0 atom stereocenters. The van der Waals surface area contributed by atoms with Gasteiger partial charge in [0.2, 0.25) is 0 Å². The molecular formula is C13H22Cl3NSi. The molecule has 1 nitrogen and oxygen atoms in total. The molecular weight excluding hydrogens is 305 g/mol. The van der Waals surface area contributed by atoms with E-state index in [4.69, 9.17) is 38.5 Å². The molecule has 0 bridgehead atoms. The van der Waals surface area contributed by atoms with Crippen LogP contribution in [0.5, 0.6) is 0 Å². The molecule has 0 radical (unpaired) electrons. The van der Waals surface area contributed by atoms with Crippen LogP contribution in [-0.2, 0) is 0 Å². The maximum absolute atomic E-state index is 8.34. The Morgan fingerprint density at radius 3 is 1.94 bits per heavy atom. The molecule has 0 aliphatic carbocycles. The van der Waals surface area contributed by atoms with Gasteiger partial charge in [0.25, 0.3) is 0 Å². The van der Waals surface area contributed by atoms with Gasteiger partial charge in [-0.1, -0.05) is 50.7 Å². The number of nitrogens with zero attached hydrogens (tertiary/aromatic N) is 1. The number of hydrogen-bond donors (Lipinski definition) is 0. The number of rotatable bonds is 11. The first-order valence-corrected chi connectivity index (χ1v) is 11.9. The SMILES string of the molecule is N#CC/C=C/CCCCCCCCC[Si](Cl)(Cl)Cl. The molecule has 5 heteroatoms. The maximum Gasteiger partial charge on any atom is 0.341 e. The number of hydrogen-bond acceptors (Lipinski definition) is 1. The van der Waals surface area contributed by atoms with Gasteiger partial charge >= 0.3 is 6.00 Å². The normalized spacial score (nSPS) is 11.9. The molecule has 0 unspecified atom stereocenters. The molecule has 0 N–H and O–H groups in total. The van der Waals surface area contributed by atoms with E-state index in [9.17, 15) is 0 Å². The molecule has 0 aromatic rings. The largest absolute Gasteiger partial charge is 0.341 e. The third-order valence-corrected chi connectivity index (χ3v) is 5.33. The van der Waals surface area contributed by atoms with Crippen LogP contribution in [0.2, 0.25) is 6.04 Å². The Balaban J connectivity index is 3.11. The van der Waals surface area contributed by atoms with Crippen molar-refractivity contribution in [2.75, 3.05) is 0 Å². The summed E-state index contributed by atoms with van der Waals surface area (Å²) >= 11 is 17.4. The first-order valence-electron chi connectivity index (χ1n) is 6.65. The van der Waals surface area contributed by atoms with Crippen LogP contribution in [0.3, 0.4) is 0 Å². The summed E-state index contributed by atoms with van der Waals surface area (Å²) in [5, 5.41) is 8.34. The number of nitriles is 1. The van der Waals surface area contributed by atoms with Crippen LogP contribution < -0.4 is 0 Å². The minimum atomic E-state index is -2.37. The van der Waals surface area contributed by atoms with Crippen molar-refractivity contribution in [3.05, 3.63) is 12.2 Å². The van der Waals surface area contributed by atoms with Crippen molar-refractivity contribution in [1.82, 2.24) is 0 Å². The molecule has 0 saturated carbocycles. The summed E-state index contributed by atoms with van der Waals surface area (Å²) in [4.78, 5) is 0. The van der Waals surface area contributed by atoms with Gasteiger partial charge in [-0.3, -0.25) is 0 Å². The highest BCUT2D eigenvalue weighted by atomic mass is 35.8. The van der Waals surface area contributed by atoms with Crippen molar-refractivity contribution in [2.45, 2.75) is 63.8 Å². The van der Waals surface area contributed by atoms with E-state index in [1.807, 2.05) is 6.08 Å². The fourth-order valence-corrected chi connectivity index (χ4v) is 3.58. The fourth-order valence-electron chi connectivity index (χ4n) is 1.73. The molecule has 0 amide bonds.